The van der Waals surface area contributed by atoms with Gasteiger partial charge in [-0.05, 0) is 24.3 Å². The van der Waals surface area contributed by atoms with Gasteiger partial charge in [-0.25, -0.2) is 4.98 Å². The van der Waals surface area contributed by atoms with E-state index in [4.69, 9.17) is 4.42 Å². The number of aromatic nitrogens is 2. The number of hydrogen-bond acceptors (Lipinski definition) is 4. The highest BCUT2D eigenvalue weighted by Crippen LogP contribution is 2.31. The number of hydrogen-bond donors (Lipinski definition) is 2. The third-order valence-electron chi connectivity index (χ3n) is 4.69. The number of nitrogens with one attached hydrogen (secondary N) is 1. The predicted octanol–water partition coefficient (Wildman–Crippen LogP) is 4.09. The number of aliphatic hydroxyl groups excluding tert-OH is 1. The van der Waals surface area contributed by atoms with Crippen LogP contribution in [0, 0.1) is 0 Å². The monoisotopic (exact) mass is 345 g/mol. The third kappa shape index (κ3) is 2.12. The summed E-state index contributed by atoms with van der Waals surface area (Å²) in [6.07, 6.45) is 1.97. The van der Waals surface area contributed by atoms with Crippen LogP contribution < -0.4 is 5.32 Å². The van der Waals surface area contributed by atoms with E-state index in [0.29, 0.717) is 30.1 Å². The lowest BCUT2D eigenvalue weighted by atomic mass is 10.1. The first-order chi connectivity index (χ1) is 12.7. The second-order valence-corrected chi connectivity index (χ2v) is 6.25. The number of para-hydroxylation sites is 3. The number of amides is 1. The molecule has 2 aromatic heterocycles. The van der Waals surface area contributed by atoms with E-state index in [0.717, 1.165) is 16.4 Å². The number of carbonyl (C=O) groups is 1. The van der Waals surface area contributed by atoms with Crippen molar-refractivity contribution in [1.82, 2.24) is 9.55 Å². The zero-order valence-corrected chi connectivity index (χ0v) is 13.8. The molecule has 0 unspecified atom stereocenters. The molecular weight excluding hydrogens is 330 g/mol. The Hall–Kier alpha value is -3.54. The second-order valence-electron chi connectivity index (χ2n) is 6.25. The summed E-state index contributed by atoms with van der Waals surface area (Å²) >= 11 is 0. The van der Waals surface area contributed by atoms with Crippen LogP contribution in [0.5, 0.6) is 0 Å². The Kier molecular flexibility index (Phi) is 3.12. The number of anilines is 1. The minimum Gasteiger partial charge on any atom is -0.511 e. The average molecular weight is 345 g/mol. The molecule has 0 saturated heterocycles. The quantitative estimate of drug-likeness (QED) is 0.573. The molecule has 0 spiro atoms. The molecule has 1 amide bonds. The molecule has 0 saturated carbocycles. The number of nitrogens with zero attached hydrogens (tertiary/aromatic N) is 2. The van der Waals surface area contributed by atoms with Gasteiger partial charge < -0.3 is 19.4 Å². The van der Waals surface area contributed by atoms with Gasteiger partial charge in [0, 0.05) is 18.4 Å². The SMILES string of the molecule is O=C(Nc1cccc2ccoc12)C1=C(O)CCn2c1nc1ccccc12. The number of fused-ring (bicyclic) bond motifs is 4. The first-order valence-electron chi connectivity index (χ1n) is 8.38. The minimum atomic E-state index is -0.400. The maximum Gasteiger partial charge on any atom is 0.262 e. The molecule has 0 fully saturated rings. The van der Waals surface area contributed by atoms with Gasteiger partial charge in [-0.15, -0.1) is 0 Å². The lowest BCUT2D eigenvalue weighted by Crippen LogP contribution is -2.22. The standard InChI is InChI=1S/C20H15N3O3/c24-16-8-10-23-15-7-2-1-5-13(15)21-19(23)17(16)20(25)22-14-6-3-4-12-9-11-26-18(12)14/h1-7,9,11,24H,8,10H2,(H,22,25). The van der Waals surface area contributed by atoms with Gasteiger partial charge in [0.15, 0.2) is 5.58 Å². The van der Waals surface area contributed by atoms with Crippen molar-refractivity contribution < 1.29 is 14.3 Å². The van der Waals surface area contributed by atoms with Gasteiger partial charge in [0.25, 0.3) is 5.91 Å². The number of aliphatic hydroxyl groups is 1. The molecule has 6 nitrogen and oxygen atoms in total. The van der Waals surface area contributed by atoms with Crippen molar-refractivity contribution in [2.45, 2.75) is 13.0 Å². The van der Waals surface area contributed by atoms with E-state index in [2.05, 4.69) is 10.3 Å². The van der Waals surface area contributed by atoms with Crippen molar-refractivity contribution in [3.05, 3.63) is 66.4 Å². The summed E-state index contributed by atoms with van der Waals surface area (Å²) in [5.41, 5.74) is 3.12. The lowest BCUT2D eigenvalue weighted by Gasteiger charge is -2.18. The van der Waals surface area contributed by atoms with Crippen molar-refractivity contribution in [3.63, 3.8) is 0 Å². The van der Waals surface area contributed by atoms with Crippen molar-refractivity contribution in [2.24, 2.45) is 0 Å². The van der Waals surface area contributed by atoms with Gasteiger partial charge in [-0.3, -0.25) is 4.79 Å². The Labute approximate surface area is 148 Å². The number of benzene rings is 2. The second kappa shape index (κ2) is 5.49. The molecule has 4 aromatic rings. The van der Waals surface area contributed by atoms with Gasteiger partial charge in [0.1, 0.15) is 17.2 Å². The molecule has 128 valence electrons. The van der Waals surface area contributed by atoms with E-state index in [1.807, 2.05) is 47.0 Å². The fourth-order valence-corrected chi connectivity index (χ4v) is 3.47. The summed E-state index contributed by atoms with van der Waals surface area (Å²) in [6.45, 7) is 0.590. The average Bonchev–Trinajstić information content (AvgIpc) is 3.26. The van der Waals surface area contributed by atoms with Crippen molar-refractivity contribution in [2.75, 3.05) is 5.32 Å². The highest BCUT2D eigenvalue weighted by Gasteiger charge is 2.28. The van der Waals surface area contributed by atoms with E-state index in [1.165, 1.54) is 0 Å². The number of imidazole rings is 1. The molecule has 0 bridgehead atoms. The predicted molar refractivity (Wildman–Crippen MR) is 98.7 cm³/mol. The Bertz CT molecular complexity index is 1200. The Morgan fingerprint density at radius 3 is 2.96 bits per heavy atom. The van der Waals surface area contributed by atoms with Gasteiger partial charge in [0.2, 0.25) is 0 Å². The molecule has 1 aliphatic heterocycles. The van der Waals surface area contributed by atoms with E-state index in [9.17, 15) is 9.90 Å². The molecule has 26 heavy (non-hydrogen) atoms. The summed E-state index contributed by atoms with van der Waals surface area (Å²) in [6, 6.07) is 15.1. The maximum atomic E-state index is 13.0. The Balaban J connectivity index is 1.59. The van der Waals surface area contributed by atoms with E-state index >= 15 is 0 Å². The van der Waals surface area contributed by atoms with Crippen LogP contribution in [0.25, 0.3) is 27.6 Å². The van der Waals surface area contributed by atoms with Crippen LogP contribution in [0.4, 0.5) is 5.69 Å². The number of carbonyl (C=O) groups excluding carboxylic acids is 1. The fourth-order valence-electron chi connectivity index (χ4n) is 3.47. The van der Waals surface area contributed by atoms with Gasteiger partial charge >= 0.3 is 0 Å². The minimum absolute atomic E-state index is 0.0527. The van der Waals surface area contributed by atoms with Crippen LogP contribution in [0.2, 0.25) is 0 Å². The summed E-state index contributed by atoms with van der Waals surface area (Å²) in [7, 11) is 0. The zero-order chi connectivity index (χ0) is 17.7. The van der Waals surface area contributed by atoms with E-state index < -0.39 is 5.91 Å². The molecule has 2 N–H and O–H groups in total. The zero-order valence-electron chi connectivity index (χ0n) is 13.8. The number of aryl methyl sites for hydroxylation is 1. The smallest absolute Gasteiger partial charge is 0.262 e. The highest BCUT2D eigenvalue weighted by atomic mass is 16.3. The Morgan fingerprint density at radius 2 is 2.04 bits per heavy atom. The summed E-state index contributed by atoms with van der Waals surface area (Å²) in [4.78, 5) is 17.5. The topological polar surface area (TPSA) is 80.3 Å². The number of allylic oxidation sites excluding steroid dienone is 1. The maximum absolute atomic E-state index is 13.0. The molecule has 0 aliphatic carbocycles. The van der Waals surface area contributed by atoms with Crippen LogP contribution in [-0.2, 0) is 11.3 Å². The summed E-state index contributed by atoms with van der Waals surface area (Å²) in [5, 5.41) is 14.2. The van der Waals surface area contributed by atoms with Crippen LogP contribution in [0.1, 0.15) is 12.2 Å². The first-order valence-corrected chi connectivity index (χ1v) is 8.38. The first kappa shape index (κ1) is 14.8. The van der Waals surface area contributed by atoms with Crippen molar-refractivity contribution >= 4 is 39.2 Å². The summed E-state index contributed by atoms with van der Waals surface area (Å²) in [5.74, 6) is 0.138. The van der Waals surface area contributed by atoms with Crippen molar-refractivity contribution in [3.8, 4) is 0 Å². The van der Waals surface area contributed by atoms with Crippen LogP contribution in [0.3, 0.4) is 0 Å². The molecular formula is C20H15N3O3. The third-order valence-corrected chi connectivity index (χ3v) is 4.69. The molecule has 1 aliphatic rings. The van der Waals surface area contributed by atoms with Crippen molar-refractivity contribution in [1.29, 1.82) is 0 Å². The molecule has 2 aromatic carbocycles. The molecule has 6 heteroatoms. The molecule has 5 rings (SSSR count). The molecule has 3 heterocycles. The van der Waals surface area contributed by atoms with Gasteiger partial charge in [0.05, 0.1) is 23.0 Å². The number of furan rings is 1. The highest BCUT2D eigenvalue weighted by molar-refractivity contribution is 6.26. The van der Waals surface area contributed by atoms with E-state index in [-0.39, 0.29) is 11.3 Å². The Morgan fingerprint density at radius 1 is 1.15 bits per heavy atom. The summed E-state index contributed by atoms with van der Waals surface area (Å²) < 4.78 is 7.44. The fraction of sp³-hybridized carbons (Fsp3) is 0.100. The van der Waals surface area contributed by atoms with Crippen LogP contribution >= 0.6 is 0 Å². The lowest BCUT2D eigenvalue weighted by molar-refractivity contribution is -0.111. The van der Waals surface area contributed by atoms with Crippen LogP contribution in [0.15, 0.2) is 65.0 Å². The van der Waals surface area contributed by atoms with Gasteiger partial charge in [-0.2, -0.15) is 0 Å². The number of rotatable bonds is 2. The van der Waals surface area contributed by atoms with Gasteiger partial charge in [-0.1, -0.05) is 24.3 Å². The van der Waals surface area contributed by atoms with Crippen LogP contribution in [-0.4, -0.2) is 20.6 Å². The molecule has 0 atom stereocenters. The largest absolute Gasteiger partial charge is 0.511 e. The molecule has 0 radical (unpaired) electrons. The normalized spacial score (nSPS) is 14.0. The van der Waals surface area contributed by atoms with E-state index in [1.54, 1.807) is 12.3 Å².